The average Bonchev–Trinajstić information content (AvgIpc) is 2.61. The van der Waals surface area contributed by atoms with E-state index in [1.807, 2.05) is 6.92 Å². The first kappa shape index (κ1) is 14.9. The summed E-state index contributed by atoms with van der Waals surface area (Å²) in [6.45, 7) is 5.80. The number of amides is 2. The van der Waals surface area contributed by atoms with Crippen LogP contribution in [0, 0.1) is 11.3 Å². The lowest BCUT2D eigenvalue weighted by molar-refractivity contribution is -0.131. The Hall–Kier alpha value is -1.16. The molecule has 2 atom stereocenters. The zero-order chi connectivity index (χ0) is 13.6. The first-order chi connectivity index (χ1) is 8.62. The van der Waals surface area contributed by atoms with Gasteiger partial charge in [-0.25, -0.2) is 0 Å². The fraction of sp³-hybridized carbons (Fsp3) is 0.714. The molecule has 2 fully saturated rings. The lowest BCUT2D eigenvalue weighted by Crippen LogP contribution is -2.38. The molecule has 1 aliphatic carbocycles. The molecule has 2 rings (SSSR count). The van der Waals surface area contributed by atoms with Crippen molar-refractivity contribution >= 4 is 11.8 Å². The highest BCUT2D eigenvalue weighted by molar-refractivity contribution is 6.07. The van der Waals surface area contributed by atoms with Crippen LogP contribution in [0.15, 0.2) is 12.7 Å². The number of fused-ring (bicyclic) bond motifs is 1. The Bertz CT molecular complexity index is 327. The third-order valence-corrected chi connectivity index (χ3v) is 3.79. The van der Waals surface area contributed by atoms with Crippen LogP contribution >= 0.6 is 0 Å². The normalized spacial score (nSPS) is 30.0. The molecule has 1 heterocycles. The van der Waals surface area contributed by atoms with E-state index in [1.54, 1.807) is 13.2 Å². The van der Waals surface area contributed by atoms with Gasteiger partial charge in [0.05, 0.1) is 11.3 Å². The predicted octanol–water partition coefficient (Wildman–Crippen LogP) is 2.05. The van der Waals surface area contributed by atoms with E-state index in [1.165, 1.54) is 0 Å². The molecule has 4 heteroatoms. The summed E-state index contributed by atoms with van der Waals surface area (Å²) in [6.07, 6.45) is 6.20. The van der Waals surface area contributed by atoms with E-state index >= 15 is 0 Å². The standard InChI is InChI=1S/C11H17NO3.C3H6/c1-15-7-6-11-5-3-2-4-8(11)9(13)12-10(11)14;1-3-2/h8H,2-7H2,1H3,(H,12,13,14);3H,1H2,2H3. The van der Waals surface area contributed by atoms with Crippen LogP contribution in [0.25, 0.3) is 0 Å². The number of hydrogen-bond acceptors (Lipinski definition) is 3. The molecule has 2 amide bonds. The molecule has 0 aromatic heterocycles. The second-order valence-corrected chi connectivity index (χ2v) is 4.92. The van der Waals surface area contributed by atoms with Crippen LogP contribution in [0.3, 0.4) is 0 Å². The van der Waals surface area contributed by atoms with E-state index in [9.17, 15) is 9.59 Å². The highest BCUT2D eigenvalue weighted by Gasteiger charge is 2.55. The molecular formula is C14H23NO3. The van der Waals surface area contributed by atoms with Crippen molar-refractivity contribution in [3.8, 4) is 0 Å². The highest BCUT2D eigenvalue weighted by Crippen LogP contribution is 2.47. The fourth-order valence-electron chi connectivity index (χ4n) is 2.91. The minimum Gasteiger partial charge on any atom is -0.385 e. The smallest absolute Gasteiger partial charge is 0.233 e. The van der Waals surface area contributed by atoms with Gasteiger partial charge in [-0.15, -0.1) is 6.58 Å². The summed E-state index contributed by atoms with van der Waals surface area (Å²) in [5.41, 5.74) is -0.453. The van der Waals surface area contributed by atoms with Crippen LogP contribution in [0.2, 0.25) is 0 Å². The van der Waals surface area contributed by atoms with E-state index in [-0.39, 0.29) is 17.7 Å². The third-order valence-electron chi connectivity index (χ3n) is 3.79. The molecule has 4 nitrogen and oxygen atoms in total. The van der Waals surface area contributed by atoms with Crippen molar-refractivity contribution in [2.75, 3.05) is 13.7 Å². The number of ether oxygens (including phenoxy) is 1. The average molecular weight is 253 g/mol. The molecule has 1 N–H and O–H groups in total. The monoisotopic (exact) mass is 253 g/mol. The van der Waals surface area contributed by atoms with E-state index in [4.69, 9.17) is 4.74 Å². The fourth-order valence-corrected chi connectivity index (χ4v) is 2.91. The number of carbonyl (C=O) groups is 2. The Labute approximate surface area is 109 Å². The van der Waals surface area contributed by atoms with Gasteiger partial charge in [-0.05, 0) is 26.2 Å². The van der Waals surface area contributed by atoms with E-state index in [0.717, 1.165) is 25.7 Å². The summed E-state index contributed by atoms with van der Waals surface area (Å²) in [5.74, 6) is -0.251. The summed E-state index contributed by atoms with van der Waals surface area (Å²) < 4.78 is 5.04. The summed E-state index contributed by atoms with van der Waals surface area (Å²) in [6, 6.07) is 0. The zero-order valence-electron chi connectivity index (χ0n) is 11.3. The number of methoxy groups -OCH3 is 1. The quantitative estimate of drug-likeness (QED) is 0.618. The van der Waals surface area contributed by atoms with Gasteiger partial charge >= 0.3 is 0 Å². The number of carbonyl (C=O) groups excluding carboxylic acids is 2. The van der Waals surface area contributed by atoms with Crippen molar-refractivity contribution in [1.29, 1.82) is 0 Å². The molecule has 18 heavy (non-hydrogen) atoms. The predicted molar refractivity (Wildman–Crippen MR) is 69.9 cm³/mol. The number of rotatable bonds is 3. The molecule has 0 bridgehead atoms. The first-order valence-electron chi connectivity index (χ1n) is 6.53. The third kappa shape index (κ3) is 2.80. The van der Waals surface area contributed by atoms with Gasteiger partial charge in [0.25, 0.3) is 0 Å². The summed E-state index contributed by atoms with van der Waals surface area (Å²) in [4.78, 5) is 23.5. The molecule has 102 valence electrons. The maximum Gasteiger partial charge on any atom is 0.233 e. The zero-order valence-corrected chi connectivity index (χ0v) is 11.3. The van der Waals surface area contributed by atoms with Crippen molar-refractivity contribution in [1.82, 2.24) is 5.32 Å². The second-order valence-electron chi connectivity index (χ2n) is 4.92. The Morgan fingerprint density at radius 2 is 2.17 bits per heavy atom. The van der Waals surface area contributed by atoms with Gasteiger partial charge in [0, 0.05) is 13.7 Å². The van der Waals surface area contributed by atoms with Crippen molar-refractivity contribution in [3.63, 3.8) is 0 Å². The number of allylic oxidation sites excluding steroid dienone is 1. The van der Waals surface area contributed by atoms with E-state index in [0.29, 0.717) is 13.0 Å². The lowest BCUT2D eigenvalue weighted by atomic mass is 9.66. The molecule has 2 aliphatic rings. The summed E-state index contributed by atoms with van der Waals surface area (Å²) in [7, 11) is 1.63. The van der Waals surface area contributed by atoms with Gasteiger partial charge in [0.2, 0.25) is 11.8 Å². The van der Waals surface area contributed by atoms with Crippen molar-refractivity contribution in [2.24, 2.45) is 11.3 Å². The largest absolute Gasteiger partial charge is 0.385 e. The van der Waals surface area contributed by atoms with E-state index in [2.05, 4.69) is 11.9 Å². The molecule has 0 spiro atoms. The maximum atomic E-state index is 11.9. The van der Waals surface area contributed by atoms with Crippen molar-refractivity contribution < 1.29 is 14.3 Å². The second kappa shape index (κ2) is 6.69. The molecular weight excluding hydrogens is 230 g/mol. The van der Waals surface area contributed by atoms with Crippen LogP contribution in [0.5, 0.6) is 0 Å². The van der Waals surface area contributed by atoms with Gasteiger partial charge < -0.3 is 4.74 Å². The Balaban J connectivity index is 0.000000492. The maximum absolute atomic E-state index is 11.9. The van der Waals surface area contributed by atoms with Gasteiger partial charge in [-0.2, -0.15) is 0 Å². The first-order valence-corrected chi connectivity index (χ1v) is 6.53. The SMILES string of the molecule is C=CC.COCCC12CCCCC1C(=O)NC2=O. The Kier molecular flexibility index (Phi) is 5.54. The van der Waals surface area contributed by atoms with E-state index < -0.39 is 5.41 Å². The molecule has 2 unspecified atom stereocenters. The molecule has 1 aliphatic heterocycles. The Morgan fingerprint density at radius 1 is 1.50 bits per heavy atom. The van der Waals surface area contributed by atoms with Gasteiger partial charge in [-0.1, -0.05) is 18.9 Å². The number of imide groups is 1. The minimum absolute atomic E-state index is 0.0733. The van der Waals surface area contributed by atoms with Gasteiger partial charge in [-0.3, -0.25) is 14.9 Å². The van der Waals surface area contributed by atoms with Crippen LogP contribution < -0.4 is 5.32 Å². The lowest BCUT2D eigenvalue weighted by Gasteiger charge is -2.35. The molecule has 0 aromatic carbocycles. The van der Waals surface area contributed by atoms with Crippen LogP contribution in [-0.4, -0.2) is 25.5 Å². The molecule has 1 saturated heterocycles. The molecule has 0 radical (unpaired) electrons. The van der Waals surface area contributed by atoms with Crippen LogP contribution in [0.1, 0.15) is 39.0 Å². The summed E-state index contributed by atoms with van der Waals surface area (Å²) >= 11 is 0. The van der Waals surface area contributed by atoms with Crippen LogP contribution in [0.4, 0.5) is 0 Å². The highest BCUT2D eigenvalue weighted by atomic mass is 16.5. The van der Waals surface area contributed by atoms with Crippen LogP contribution in [-0.2, 0) is 14.3 Å². The molecule has 0 aromatic rings. The number of hydrogen-bond donors (Lipinski definition) is 1. The summed E-state index contributed by atoms with van der Waals surface area (Å²) in [5, 5.41) is 2.48. The van der Waals surface area contributed by atoms with Crippen molar-refractivity contribution in [3.05, 3.63) is 12.7 Å². The van der Waals surface area contributed by atoms with Gasteiger partial charge in [0.15, 0.2) is 0 Å². The number of nitrogens with one attached hydrogen (secondary N) is 1. The topological polar surface area (TPSA) is 55.4 Å². The van der Waals surface area contributed by atoms with Crippen molar-refractivity contribution in [2.45, 2.75) is 39.0 Å². The molecule has 1 saturated carbocycles. The Morgan fingerprint density at radius 3 is 2.78 bits per heavy atom. The van der Waals surface area contributed by atoms with Gasteiger partial charge in [0.1, 0.15) is 0 Å². The minimum atomic E-state index is -0.453.